The molecule has 2 rings (SSSR count). The van der Waals surface area contributed by atoms with Crippen LogP contribution >= 0.6 is 0 Å². The van der Waals surface area contributed by atoms with E-state index in [1.807, 2.05) is 0 Å². The second-order valence-corrected chi connectivity index (χ2v) is 6.24. The maximum Gasteiger partial charge on any atom is -0.00444 e. The fraction of sp³-hybridized carbons (Fsp3) is 0.647. The van der Waals surface area contributed by atoms with E-state index >= 15 is 0 Å². The Morgan fingerprint density at radius 2 is 1.78 bits per heavy atom. The first-order chi connectivity index (χ1) is 8.66. The summed E-state index contributed by atoms with van der Waals surface area (Å²) in [5.41, 5.74) is 9.08. The molecule has 1 aromatic rings. The van der Waals surface area contributed by atoms with Crippen molar-refractivity contribution in [3.63, 3.8) is 0 Å². The van der Waals surface area contributed by atoms with Crippen LogP contribution in [0, 0.1) is 12.8 Å². The second-order valence-electron chi connectivity index (χ2n) is 6.24. The van der Waals surface area contributed by atoms with Gasteiger partial charge < -0.3 is 5.73 Å². The molecule has 100 valence electrons. The minimum atomic E-state index is 0.447. The molecule has 1 nitrogen and oxygen atoms in total. The van der Waals surface area contributed by atoms with Crippen molar-refractivity contribution in [2.24, 2.45) is 11.7 Å². The van der Waals surface area contributed by atoms with Crippen molar-refractivity contribution in [1.82, 2.24) is 0 Å². The lowest BCUT2D eigenvalue weighted by Crippen LogP contribution is -2.26. The van der Waals surface area contributed by atoms with Crippen LogP contribution in [0.1, 0.15) is 56.6 Å². The predicted octanol–water partition coefficient (Wildman–Crippen LogP) is 4.18. The molecule has 1 aromatic carbocycles. The number of nitrogens with two attached hydrogens (primary N) is 1. The zero-order valence-electron chi connectivity index (χ0n) is 11.9. The molecule has 0 aliphatic heterocycles. The summed E-state index contributed by atoms with van der Waals surface area (Å²) in [5.74, 6) is 0.745. The van der Waals surface area contributed by atoms with E-state index < -0.39 is 0 Å². The summed E-state index contributed by atoms with van der Waals surface area (Å²) >= 11 is 0. The van der Waals surface area contributed by atoms with E-state index in [-0.39, 0.29) is 0 Å². The van der Waals surface area contributed by atoms with Crippen molar-refractivity contribution in [3.8, 4) is 0 Å². The Hall–Kier alpha value is -0.820. The number of aryl methyl sites for hydroxylation is 1. The van der Waals surface area contributed by atoms with Crippen molar-refractivity contribution >= 4 is 0 Å². The zero-order valence-corrected chi connectivity index (χ0v) is 11.9. The molecular formula is C17H27N. The van der Waals surface area contributed by atoms with Crippen LogP contribution in [-0.4, -0.2) is 6.54 Å². The van der Waals surface area contributed by atoms with Crippen LogP contribution in [0.4, 0.5) is 0 Å². The summed E-state index contributed by atoms with van der Waals surface area (Å²) < 4.78 is 0. The highest BCUT2D eigenvalue weighted by atomic mass is 14.5. The summed E-state index contributed by atoms with van der Waals surface area (Å²) in [7, 11) is 0. The van der Waals surface area contributed by atoms with Crippen LogP contribution in [0.15, 0.2) is 24.3 Å². The van der Waals surface area contributed by atoms with Gasteiger partial charge in [-0.05, 0) is 56.0 Å². The molecule has 0 bridgehead atoms. The highest BCUT2D eigenvalue weighted by Gasteiger charge is 2.36. The normalized spacial score (nSPS) is 19.9. The van der Waals surface area contributed by atoms with Gasteiger partial charge in [-0.25, -0.2) is 0 Å². The predicted molar refractivity (Wildman–Crippen MR) is 78.8 cm³/mol. The number of hydrogen-bond donors (Lipinski definition) is 1. The lowest BCUT2D eigenvalue weighted by Gasteiger charge is -2.32. The Bertz CT molecular complexity index is 360. The van der Waals surface area contributed by atoms with E-state index in [0.717, 1.165) is 18.9 Å². The molecular weight excluding hydrogens is 218 g/mol. The topological polar surface area (TPSA) is 26.0 Å². The molecule has 1 atom stereocenters. The Balaban J connectivity index is 2.18. The van der Waals surface area contributed by atoms with Gasteiger partial charge in [0.25, 0.3) is 0 Å². The van der Waals surface area contributed by atoms with Gasteiger partial charge in [0, 0.05) is 0 Å². The molecule has 18 heavy (non-hydrogen) atoms. The molecule has 1 heteroatoms. The fourth-order valence-electron chi connectivity index (χ4n) is 3.62. The van der Waals surface area contributed by atoms with E-state index in [4.69, 9.17) is 5.73 Å². The quantitative estimate of drug-likeness (QED) is 0.827. The first kappa shape index (κ1) is 13.6. The highest BCUT2D eigenvalue weighted by molar-refractivity contribution is 5.29. The van der Waals surface area contributed by atoms with E-state index in [2.05, 4.69) is 38.1 Å². The van der Waals surface area contributed by atoms with Gasteiger partial charge in [-0.3, -0.25) is 0 Å². The lowest BCUT2D eigenvalue weighted by atomic mass is 9.72. The van der Waals surface area contributed by atoms with Crippen molar-refractivity contribution in [2.45, 2.75) is 57.8 Å². The molecule has 0 spiro atoms. The Morgan fingerprint density at radius 1 is 1.17 bits per heavy atom. The summed E-state index contributed by atoms with van der Waals surface area (Å²) in [6, 6.07) is 9.25. The maximum absolute atomic E-state index is 5.71. The van der Waals surface area contributed by atoms with Gasteiger partial charge in [-0.15, -0.1) is 0 Å². The molecule has 0 heterocycles. The minimum absolute atomic E-state index is 0.447. The average molecular weight is 245 g/mol. The van der Waals surface area contributed by atoms with Gasteiger partial charge in [0.15, 0.2) is 0 Å². The third-order valence-electron chi connectivity index (χ3n) is 4.62. The molecule has 1 fully saturated rings. The molecule has 1 saturated carbocycles. The Morgan fingerprint density at radius 3 is 2.33 bits per heavy atom. The van der Waals surface area contributed by atoms with Crippen molar-refractivity contribution in [3.05, 3.63) is 35.4 Å². The number of benzene rings is 1. The van der Waals surface area contributed by atoms with Gasteiger partial charge in [0.05, 0.1) is 0 Å². The molecule has 0 aromatic heterocycles. The largest absolute Gasteiger partial charge is 0.330 e. The molecule has 1 aliphatic carbocycles. The maximum atomic E-state index is 5.71. The van der Waals surface area contributed by atoms with E-state index in [9.17, 15) is 0 Å². The third kappa shape index (κ3) is 2.95. The van der Waals surface area contributed by atoms with E-state index in [1.54, 1.807) is 5.56 Å². The van der Waals surface area contributed by atoms with E-state index in [1.165, 1.54) is 37.7 Å². The van der Waals surface area contributed by atoms with Crippen molar-refractivity contribution in [1.29, 1.82) is 0 Å². The Kier molecular flexibility index (Phi) is 4.45. The minimum Gasteiger partial charge on any atom is -0.330 e. The molecule has 0 amide bonds. The Labute approximate surface area is 112 Å². The molecule has 1 unspecified atom stereocenters. The molecule has 2 N–H and O–H groups in total. The highest BCUT2D eigenvalue weighted by Crippen LogP contribution is 2.46. The van der Waals surface area contributed by atoms with Crippen LogP contribution in [0.5, 0.6) is 0 Å². The van der Waals surface area contributed by atoms with Gasteiger partial charge in [0.1, 0.15) is 0 Å². The number of rotatable bonds is 5. The summed E-state index contributed by atoms with van der Waals surface area (Å²) in [6.45, 7) is 5.36. The second kappa shape index (κ2) is 5.88. The van der Waals surface area contributed by atoms with Crippen LogP contribution in [-0.2, 0) is 5.41 Å². The zero-order chi connectivity index (χ0) is 13.0. The standard InChI is InChI=1S/C17H27N/c1-14-5-7-16(8-6-14)17(10-3-4-11-17)13-15(2)9-12-18/h5-8,15H,3-4,9-13,18H2,1-2H3. The number of hydrogen-bond acceptors (Lipinski definition) is 1. The van der Waals surface area contributed by atoms with E-state index in [0.29, 0.717) is 5.41 Å². The molecule has 1 aliphatic rings. The lowest BCUT2D eigenvalue weighted by molar-refractivity contribution is 0.323. The van der Waals surface area contributed by atoms with Crippen LogP contribution in [0.2, 0.25) is 0 Å². The molecule has 0 saturated heterocycles. The van der Waals surface area contributed by atoms with Crippen LogP contribution in [0.3, 0.4) is 0 Å². The summed E-state index contributed by atoms with van der Waals surface area (Å²) in [5, 5.41) is 0. The monoisotopic (exact) mass is 245 g/mol. The van der Waals surface area contributed by atoms with Gasteiger partial charge in [-0.2, -0.15) is 0 Å². The SMILES string of the molecule is Cc1ccc(C2(CC(C)CCN)CCCC2)cc1. The van der Waals surface area contributed by atoms with Gasteiger partial charge >= 0.3 is 0 Å². The molecule has 0 radical (unpaired) electrons. The van der Waals surface area contributed by atoms with Crippen LogP contribution < -0.4 is 5.73 Å². The van der Waals surface area contributed by atoms with Gasteiger partial charge in [0.2, 0.25) is 0 Å². The average Bonchev–Trinajstić information content (AvgIpc) is 2.79. The summed E-state index contributed by atoms with van der Waals surface area (Å²) in [4.78, 5) is 0. The van der Waals surface area contributed by atoms with Crippen molar-refractivity contribution < 1.29 is 0 Å². The first-order valence-corrected chi connectivity index (χ1v) is 7.43. The van der Waals surface area contributed by atoms with Gasteiger partial charge in [-0.1, -0.05) is 49.6 Å². The first-order valence-electron chi connectivity index (χ1n) is 7.43. The smallest absolute Gasteiger partial charge is 0.00444 e. The fourth-order valence-corrected chi connectivity index (χ4v) is 3.62. The van der Waals surface area contributed by atoms with Crippen molar-refractivity contribution in [2.75, 3.05) is 6.54 Å². The van der Waals surface area contributed by atoms with Crippen LogP contribution in [0.25, 0.3) is 0 Å². The summed E-state index contributed by atoms with van der Waals surface area (Å²) in [6.07, 6.45) is 7.99. The third-order valence-corrected chi connectivity index (χ3v) is 4.62.